The molecule has 1 amide bonds. The summed E-state index contributed by atoms with van der Waals surface area (Å²) < 4.78 is 0. The highest BCUT2D eigenvalue weighted by molar-refractivity contribution is 5.77. The third-order valence-electron chi connectivity index (χ3n) is 4.67. The number of hydrogen-bond acceptors (Lipinski definition) is 2. The number of rotatable bonds is 4. The topological polar surface area (TPSA) is 66.4 Å². The van der Waals surface area contributed by atoms with E-state index in [0.717, 1.165) is 18.8 Å². The van der Waals surface area contributed by atoms with Gasteiger partial charge in [0.05, 0.1) is 5.92 Å². The molecule has 0 saturated heterocycles. The number of hydrogen-bond donors (Lipinski definition) is 2. The second-order valence-electron chi connectivity index (χ2n) is 6.45. The summed E-state index contributed by atoms with van der Waals surface area (Å²) in [7, 11) is 0. The van der Waals surface area contributed by atoms with E-state index in [1.165, 1.54) is 19.3 Å². The Morgan fingerprint density at radius 3 is 2.58 bits per heavy atom. The van der Waals surface area contributed by atoms with Gasteiger partial charge in [-0.15, -0.1) is 0 Å². The van der Waals surface area contributed by atoms with Crippen molar-refractivity contribution in [2.75, 3.05) is 0 Å². The monoisotopic (exact) mass is 267 g/mol. The summed E-state index contributed by atoms with van der Waals surface area (Å²) in [5, 5.41) is 12.0. The van der Waals surface area contributed by atoms with Crippen LogP contribution in [0.4, 0.5) is 0 Å². The molecule has 2 aliphatic rings. The van der Waals surface area contributed by atoms with Crippen molar-refractivity contribution in [1.29, 1.82) is 0 Å². The van der Waals surface area contributed by atoms with Crippen molar-refractivity contribution in [1.82, 2.24) is 5.32 Å². The van der Waals surface area contributed by atoms with E-state index < -0.39 is 5.97 Å². The maximum atomic E-state index is 12.0. The first kappa shape index (κ1) is 14.4. The largest absolute Gasteiger partial charge is 0.481 e. The average molecular weight is 267 g/mol. The van der Waals surface area contributed by atoms with Gasteiger partial charge >= 0.3 is 5.97 Å². The number of carbonyl (C=O) groups is 2. The fourth-order valence-corrected chi connectivity index (χ4v) is 3.63. The molecule has 2 aliphatic carbocycles. The van der Waals surface area contributed by atoms with Crippen LogP contribution in [0.25, 0.3) is 0 Å². The van der Waals surface area contributed by atoms with Crippen LogP contribution in [0.5, 0.6) is 0 Å². The van der Waals surface area contributed by atoms with E-state index in [9.17, 15) is 9.59 Å². The summed E-state index contributed by atoms with van der Waals surface area (Å²) in [5.41, 5.74) is 0. The highest BCUT2D eigenvalue weighted by atomic mass is 16.4. The van der Waals surface area contributed by atoms with Crippen LogP contribution in [0.15, 0.2) is 0 Å². The van der Waals surface area contributed by atoms with Gasteiger partial charge in [0.1, 0.15) is 0 Å². The SMILES string of the molecule is CC1CCCC(CC(=O)N[C@@H]2CC[C@H](C(=O)O)C2)C1. The van der Waals surface area contributed by atoms with Gasteiger partial charge in [0, 0.05) is 12.5 Å². The standard InChI is InChI=1S/C15H25NO3/c1-10-3-2-4-11(7-10)8-14(17)16-13-6-5-12(9-13)15(18)19/h10-13H,2-9H2,1H3,(H,16,17)(H,18,19)/t10?,11?,12-,13+/m0/s1. The Bertz CT molecular complexity index is 342. The van der Waals surface area contributed by atoms with Crippen LogP contribution in [0, 0.1) is 17.8 Å². The van der Waals surface area contributed by atoms with Crippen LogP contribution in [0.1, 0.15) is 58.3 Å². The Hall–Kier alpha value is -1.06. The molecule has 0 aromatic rings. The lowest BCUT2D eigenvalue weighted by Gasteiger charge is -2.26. The second-order valence-corrected chi connectivity index (χ2v) is 6.45. The van der Waals surface area contributed by atoms with Gasteiger partial charge < -0.3 is 10.4 Å². The van der Waals surface area contributed by atoms with Crippen LogP contribution >= 0.6 is 0 Å². The lowest BCUT2D eigenvalue weighted by Crippen LogP contribution is -2.35. The Kier molecular flexibility index (Phi) is 4.83. The van der Waals surface area contributed by atoms with Gasteiger partial charge in [0.15, 0.2) is 0 Å². The number of aliphatic carboxylic acids is 1. The van der Waals surface area contributed by atoms with E-state index >= 15 is 0 Å². The van der Waals surface area contributed by atoms with Crippen molar-refractivity contribution in [3.63, 3.8) is 0 Å². The van der Waals surface area contributed by atoms with Gasteiger partial charge in [-0.3, -0.25) is 9.59 Å². The molecule has 0 radical (unpaired) electrons. The van der Waals surface area contributed by atoms with E-state index in [1.807, 2.05) is 0 Å². The normalized spacial score (nSPS) is 35.0. The van der Waals surface area contributed by atoms with Gasteiger partial charge in [0.2, 0.25) is 5.91 Å². The molecule has 0 spiro atoms. The summed E-state index contributed by atoms with van der Waals surface area (Å²) >= 11 is 0. The zero-order valence-corrected chi connectivity index (χ0v) is 11.7. The molecule has 4 atom stereocenters. The van der Waals surface area contributed by atoms with Gasteiger partial charge in [0.25, 0.3) is 0 Å². The summed E-state index contributed by atoms with van der Waals surface area (Å²) in [6, 6.07) is 0.0783. The molecule has 0 aliphatic heterocycles. The van der Waals surface area contributed by atoms with Crippen molar-refractivity contribution in [2.24, 2.45) is 17.8 Å². The molecule has 2 fully saturated rings. The Morgan fingerprint density at radius 1 is 1.16 bits per heavy atom. The minimum atomic E-state index is -0.724. The Labute approximate surface area is 115 Å². The Balaban J connectivity index is 1.71. The van der Waals surface area contributed by atoms with E-state index in [2.05, 4.69) is 12.2 Å². The highest BCUT2D eigenvalue weighted by Crippen LogP contribution is 2.31. The van der Waals surface area contributed by atoms with E-state index in [-0.39, 0.29) is 17.9 Å². The molecular weight excluding hydrogens is 242 g/mol. The molecule has 2 saturated carbocycles. The van der Waals surface area contributed by atoms with Gasteiger partial charge in [-0.2, -0.15) is 0 Å². The number of carboxylic acid groups (broad SMARTS) is 1. The lowest BCUT2D eigenvalue weighted by molar-refractivity contribution is -0.141. The first-order valence-corrected chi connectivity index (χ1v) is 7.56. The van der Waals surface area contributed by atoms with Crippen molar-refractivity contribution < 1.29 is 14.7 Å². The average Bonchev–Trinajstić information content (AvgIpc) is 2.77. The number of carbonyl (C=O) groups excluding carboxylic acids is 1. The molecule has 0 aromatic carbocycles. The van der Waals surface area contributed by atoms with E-state index in [0.29, 0.717) is 25.2 Å². The first-order chi connectivity index (χ1) is 9.04. The first-order valence-electron chi connectivity index (χ1n) is 7.56. The van der Waals surface area contributed by atoms with E-state index in [1.54, 1.807) is 0 Å². The zero-order chi connectivity index (χ0) is 13.8. The number of carboxylic acids is 1. The Morgan fingerprint density at radius 2 is 1.95 bits per heavy atom. The van der Waals surface area contributed by atoms with Crippen molar-refractivity contribution in [3.8, 4) is 0 Å². The molecular formula is C15H25NO3. The molecule has 2 rings (SSSR count). The molecule has 4 nitrogen and oxygen atoms in total. The maximum absolute atomic E-state index is 12.0. The smallest absolute Gasteiger partial charge is 0.306 e. The molecule has 0 bridgehead atoms. The molecule has 2 N–H and O–H groups in total. The van der Waals surface area contributed by atoms with E-state index in [4.69, 9.17) is 5.11 Å². The quantitative estimate of drug-likeness (QED) is 0.822. The number of nitrogens with one attached hydrogen (secondary N) is 1. The molecule has 0 heterocycles. The van der Waals surface area contributed by atoms with Crippen LogP contribution in [-0.4, -0.2) is 23.0 Å². The summed E-state index contributed by atoms with van der Waals surface area (Å²) in [6.45, 7) is 2.26. The summed E-state index contributed by atoms with van der Waals surface area (Å²) in [4.78, 5) is 22.9. The lowest BCUT2D eigenvalue weighted by atomic mass is 9.81. The molecule has 4 heteroatoms. The minimum absolute atomic E-state index is 0.0783. The number of amides is 1. The predicted molar refractivity (Wildman–Crippen MR) is 72.6 cm³/mol. The van der Waals surface area contributed by atoms with Crippen LogP contribution in [-0.2, 0) is 9.59 Å². The van der Waals surface area contributed by atoms with Crippen molar-refractivity contribution >= 4 is 11.9 Å². The van der Waals surface area contributed by atoms with Gasteiger partial charge in [-0.1, -0.05) is 19.8 Å². The zero-order valence-electron chi connectivity index (χ0n) is 11.7. The molecule has 2 unspecified atom stereocenters. The van der Waals surface area contributed by atoms with Crippen molar-refractivity contribution in [2.45, 2.75) is 64.3 Å². The van der Waals surface area contributed by atoms with Crippen molar-refractivity contribution in [3.05, 3.63) is 0 Å². The predicted octanol–water partition coefficient (Wildman–Crippen LogP) is 2.57. The summed E-state index contributed by atoms with van der Waals surface area (Å²) in [5.74, 6) is 0.405. The summed E-state index contributed by atoms with van der Waals surface area (Å²) in [6.07, 6.45) is 7.59. The van der Waals surface area contributed by atoms with Gasteiger partial charge in [-0.25, -0.2) is 0 Å². The molecule has 19 heavy (non-hydrogen) atoms. The second kappa shape index (κ2) is 6.40. The highest BCUT2D eigenvalue weighted by Gasteiger charge is 2.31. The fourth-order valence-electron chi connectivity index (χ4n) is 3.63. The fraction of sp³-hybridized carbons (Fsp3) is 0.867. The third kappa shape index (κ3) is 4.22. The third-order valence-corrected chi connectivity index (χ3v) is 4.67. The molecule has 0 aromatic heterocycles. The van der Waals surface area contributed by atoms with Crippen LogP contribution in [0.2, 0.25) is 0 Å². The molecule has 108 valence electrons. The minimum Gasteiger partial charge on any atom is -0.481 e. The van der Waals surface area contributed by atoms with Gasteiger partial charge in [-0.05, 0) is 43.9 Å². The maximum Gasteiger partial charge on any atom is 0.306 e. The van der Waals surface area contributed by atoms with Crippen LogP contribution < -0.4 is 5.32 Å². The van der Waals surface area contributed by atoms with Crippen LogP contribution in [0.3, 0.4) is 0 Å².